The molecule has 0 aliphatic rings. The van der Waals surface area contributed by atoms with Crippen LogP contribution in [0.5, 0.6) is 5.75 Å². The first kappa shape index (κ1) is 15.2. The molecule has 0 unspecified atom stereocenters. The van der Waals surface area contributed by atoms with Gasteiger partial charge < -0.3 is 9.47 Å². The van der Waals surface area contributed by atoms with Gasteiger partial charge in [0.15, 0.2) is 0 Å². The zero-order chi connectivity index (χ0) is 14.6. The van der Waals surface area contributed by atoms with Crippen molar-refractivity contribution in [3.63, 3.8) is 0 Å². The highest BCUT2D eigenvalue weighted by molar-refractivity contribution is 5.85. The van der Waals surface area contributed by atoms with Crippen LogP contribution in [-0.4, -0.2) is 18.8 Å². The quantitative estimate of drug-likeness (QED) is 0.906. The van der Waals surface area contributed by atoms with Crippen molar-refractivity contribution in [2.24, 2.45) is 0 Å². The van der Waals surface area contributed by atoms with Crippen LogP contribution in [0.3, 0.4) is 0 Å². The summed E-state index contributed by atoms with van der Waals surface area (Å²) < 4.78 is 35.2. The number of ether oxygens (including phenoxy) is 2. The molecule has 0 aromatic heterocycles. The zero-order valence-corrected chi connectivity index (χ0v) is 11.3. The van der Waals surface area contributed by atoms with Gasteiger partial charge in [-0.05, 0) is 32.9 Å². The molecule has 0 spiro atoms. The highest BCUT2D eigenvalue weighted by Crippen LogP contribution is 2.31. The first-order chi connectivity index (χ1) is 8.73. The van der Waals surface area contributed by atoms with Crippen LogP contribution in [-0.2, 0) is 4.74 Å². The van der Waals surface area contributed by atoms with E-state index in [1.165, 1.54) is 25.3 Å². The molecular weight excluding hydrogens is 256 g/mol. The Morgan fingerprint density at radius 3 is 2.42 bits per heavy atom. The number of carbonyl (C=O) groups excluding carboxylic acids is 1. The lowest BCUT2D eigenvalue weighted by molar-refractivity contribution is 0.0636. The number of rotatable bonds is 3. The summed E-state index contributed by atoms with van der Waals surface area (Å²) in [4.78, 5) is 11.5. The van der Waals surface area contributed by atoms with Crippen molar-refractivity contribution >= 4 is 11.8 Å². The van der Waals surface area contributed by atoms with Crippen molar-refractivity contribution in [2.45, 2.75) is 32.8 Å². The number of hydrogen-bond donors (Lipinski definition) is 1. The molecule has 1 rings (SSSR count). The molecule has 0 saturated carbocycles. The minimum absolute atomic E-state index is 0.0172. The van der Waals surface area contributed by atoms with Crippen LogP contribution in [0, 0.1) is 0 Å². The Labute approximate surface area is 110 Å². The molecule has 19 heavy (non-hydrogen) atoms. The van der Waals surface area contributed by atoms with Gasteiger partial charge >= 0.3 is 6.09 Å². The van der Waals surface area contributed by atoms with Crippen molar-refractivity contribution in [2.75, 3.05) is 12.4 Å². The van der Waals surface area contributed by atoms with E-state index in [-0.39, 0.29) is 11.3 Å². The van der Waals surface area contributed by atoms with Crippen LogP contribution in [0.4, 0.5) is 19.3 Å². The van der Waals surface area contributed by atoms with E-state index in [0.717, 1.165) is 0 Å². The summed E-state index contributed by atoms with van der Waals surface area (Å²) in [6.45, 7) is 5.19. The largest absolute Gasteiger partial charge is 0.496 e. The van der Waals surface area contributed by atoms with E-state index < -0.39 is 18.1 Å². The molecule has 1 aromatic carbocycles. The molecule has 106 valence electrons. The second-order valence-electron chi connectivity index (χ2n) is 4.88. The number of hydrogen-bond acceptors (Lipinski definition) is 3. The highest BCUT2D eigenvalue weighted by Gasteiger charge is 2.18. The van der Waals surface area contributed by atoms with Crippen LogP contribution in [0.2, 0.25) is 0 Å². The average Bonchev–Trinajstić information content (AvgIpc) is 2.25. The van der Waals surface area contributed by atoms with Gasteiger partial charge in [-0.25, -0.2) is 13.6 Å². The van der Waals surface area contributed by atoms with E-state index in [0.29, 0.717) is 5.69 Å². The third-order valence-electron chi connectivity index (χ3n) is 2.11. The first-order valence-electron chi connectivity index (χ1n) is 5.69. The van der Waals surface area contributed by atoms with E-state index in [9.17, 15) is 13.6 Å². The third kappa shape index (κ3) is 4.73. The SMILES string of the molecule is COc1cc(NC(=O)OC(C)(C)C)ccc1C(F)F. The van der Waals surface area contributed by atoms with E-state index in [1.807, 2.05) is 0 Å². The van der Waals surface area contributed by atoms with Crippen LogP contribution in [0.25, 0.3) is 0 Å². The number of benzene rings is 1. The number of carbonyl (C=O) groups is 1. The van der Waals surface area contributed by atoms with Gasteiger partial charge in [0.2, 0.25) is 0 Å². The van der Waals surface area contributed by atoms with Crippen LogP contribution >= 0.6 is 0 Å². The second kappa shape index (κ2) is 5.86. The highest BCUT2D eigenvalue weighted by atomic mass is 19.3. The maximum Gasteiger partial charge on any atom is 0.412 e. The standard InChI is InChI=1S/C13H17F2NO3/c1-13(2,3)19-12(17)16-8-5-6-9(11(14)15)10(7-8)18-4/h5-7,11H,1-4H3,(H,16,17). The fraction of sp³-hybridized carbons (Fsp3) is 0.462. The van der Waals surface area contributed by atoms with Gasteiger partial charge in [-0.1, -0.05) is 0 Å². The molecule has 0 saturated heterocycles. The molecule has 0 atom stereocenters. The van der Waals surface area contributed by atoms with E-state index in [1.54, 1.807) is 20.8 Å². The number of halogens is 2. The average molecular weight is 273 g/mol. The predicted octanol–water partition coefficient (Wildman–Crippen LogP) is 3.98. The van der Waals surface area contributed by atoms with Crippen LogP contribution in [0.15, 0.2) is 18.2 Å². The van der Waals surface area contributed by atoms with Gasteiger partial charge in [0.25, 0.3) is 6.43 Å². The molecule has 0 heterocycles. The molecular formula is C13H17F2NO3. The number of nitrogens with one attached hydrogen (secondary N) is 1. The predicted molar refractivity (Wildman–Crippen MR) is 67.8 cm³/mol. The number of amides is 1. The molecule has 1 amide bonds. The fourth-order valence-corrected chi connectivity index (χ4v) is 1.39. The van der Waals surface area contributed by atoms with Gasteiger partial charge in [-0.3, -0.25) is 5.32 Å². The lowest BCUT2D eigenvalue weighted by Crippen LogP contribution is -2.27. The number of alkyl halides is 2. The zero-order valence-electron chi connectivity index (χ0n) is 11.3. The Bertz CT molecular complexity index is 456. The summed E-state index contributed by atoms with van der Waals surface area (Å²) >= 11 is 0. The summed E-state index contributed by atoms with van der Waals surface area (Å²) in [6, 6.07) is 3.90. The van der Waals surface area contributed by atoms with Gasteiger partial charge in [0, 0.05) is 11.8 Å². The molecule has 0 fully saturated rings. The molecule has 6 heteroatoms. The summed E-state index contributed by atoms with van der Waals surface area (Å²) in [5.41, 5.74) is -0.524. The maximum atomic E-state index is 12.6. The Morgan fingerprint density at radius 2 is 1.95 bits per heavy atom. The van der Waals surface area contributed by atoms with Crippen LogP contribution < -0.4 is 10.1 Å². The lowest BCUT2D eigenvalue weighted by atomic mass is 10.2. The molecule has 0 aliphatic carbocycles. The van der Waals surface area contributed by atoms with Gasteiger partial charge in [0.05, 0.1) is 12.7 Å². The van der Waals surface area contributed by atoms with E-state index in [4.69, 9.17) is 9.47 Å². The van der Waals surface area contributed by atoms with Crippen LogP contribution in [0.1, 0.15) is 32.8 Å². The summed E-state index contributed by atoms with van der Waals surface area (Å²) in [6.07, 6.45) is -3.29. The summed E-state index contributed by atoms with van der Waals surface area (Å²) in [5, 5.41) is 2.45. The smallest absolute Gasteiger partial charge is 0.412 e. The molecule has 0 aliphatic heterocycles. The molecule has 4 nitrogen and oxygen atoms in total. The topological polar surface area (TPSA) is 47.6 Å². The fourth-order valence-electron chi connectivity index (χ4n) is 1.39. The maximum absolute atomic E-state index is 12.6. The minimum atomic E-state index is -2.63. The Morgan fingerprint density at radius 1 is 1.32 bits per heavy atom. The number of methoxy groups -OCH3 is 1. The Hall–Kier alpha value is -1.85. The molecule has 0 radical (unpaired) electrons. The molecule has 0 bridgehead atoms. The third-order valence-corrected chi connectivity index (χ3v) is 2.11. The summed E-state index contributed by atoms with van der Waals surface area (Å²) in [5.74, 6) is 0.0172. The van der Waals surface area contributed by atoms with Gasteiger partial charge in [-0.2, -0.15) is 0 Å². The van der Waals surface area contributed by atoms with E-state index >= 15 is 0 Å². The van der Waals surface area contributed by atoms with Gasteiger partial charge in [0.1, 0.15) is 11.4 Å². The monoisotopic (exact) mass is 273 g/mol. The van der Waals surface area contributed by atoms with Gasteiger partial charge in [-0.15, -0.1) is 0 Å². The normalized spacial score (nSPS) is 11.3. The minimum Gasteiger partial charge on any atom is -0.496 e. The summed E-state index contributed by atoms with van der Waals surface area (Å²) in [7, 11) is 1.29. The van der Waals surface area contributed by atoms with Crippen molar-refractivity contribution in [3.05, 3.63) is 23.8 Å². The molecule has 1 N–H and O–H groups in total. The lowest BCUT2D eigenvalue weighted by Gasteiger charge is -2.20. The molecule has 1 aromatic rings. The van der Waals surface area contributed by atoms with Crippen molar-refractivity contribution < 1.29 is 23.0 Å². The second-order valence-corrected chi connectivity index (χ2v) is 4.88. The first-order valence-corrected chi connectivity index (χ1v) is 5.69. The van der Waals surface area contributed by atoms with Crippen molar-refractivity contribution in [1.82, 2.24) is 0 Å². The number of anilines is 1. The van der Waals surface area contributed by atoms with Crippen molar-refractivity contribution in [1.29, 1.82) is 0 Å². The van der Waals surface area contributed by atoms with Crippen molar-refractivity contribution in [3.8, 4) is 5.75 Å². The Kier molecular flexibility index (Phi) is 4.69. The van der Waals surface area contributed by atoms with E-state index in [2.05, 4.69) is 5.32 Å². The Balaban J connectivity index is 2.83.